The molecule has 0 aliphatic heterocycles. The van der Waals surface area contributed by atoms with Gasteiger partial charge in [-0.15, -0.1) is 0 Å². The second kappa shape index (κ2) is 4.82. The van der Waals surface area contributed by atoms with Gasteiger partial charge in [-0.3, -0.25) is 0 Å². The third-order valence-corrected chi connectivity index (χ3v) is 4.42. The number of rotatable bonds is 4. The van der Waals surface area contributed by atoms with Crippen molar-refractivity contribution in [1.82, 2.24) is 9.97 Å². The number of hydrogen-bond donors (Lipinski definition) is 3. The minimum absolute atomic E-state index is 0.213. The van der Waals surface area contributed by atoms with Gasteiger partial charge in [-0.05, 0) is 31.0 Å². The third kappa shape index (κ3) is 2.79. The highest BCUT2D eigenvalue weighted by Gasteiger charge is 2.25. The van der Waals surface area contributed by atoms with Crippen LogP contribution in [0.3, 0.4) is 0 Å². The zero-order chi connectivity index (χ0) is 13.3. The predicted molar refractivity (Wildman–Crippen MR) is 76.7 cm³/mol. The van der Waals surface area contributed by atoms with E-state index in [1.54, 1.807) is 0 Å². The number of aromatic nitrogens is 2. The van der Waals surface area contributed by atoms with Crippen molar-refractivity contribution in [1.29, 1.82) is 0 Å². The van der Waals surface area contributed by atoms with E-state index in [9.17, 15) is 5.11 Å². The standard InChI is InChI=1S/C13H19N3OS/c1-8(2)13(3,17)7-18-12-15-10-5-4-9(14)6-11(10)16-12/h4-6,8,17H,7,14H2,1-3H3,(H,15,16). The lowest BCUT2D eigenvalue weighted by molar-refractivity contribution is 0.0376. The Morgan fingerprint density at radius 1 is 1.50 bits per heavy atom. The molecule has 2 aromatic rings. The minimum atomic E-state index is -0.692. The van der Waals surface area contributed by atoms with Crippen LogP contribution in [0.5, 0.6) is 0 Å². The molecule has 0 aliphatic carbocycles. The number of hydrogen-bond acceptors (Lipinski definition) is 4. The van der Waals surface area contributed by atoms with Crippen LogP contribution in [0.2, 0.25) is 0 Å². The number of benzene rings is 1. The first kappa shape index (κ1) is 13.2. The number of nitrogens with one attached hydrogen (secondary N) is 1. The average Bonchev–Trinajstić information content (AvgIpc) is 2.68. The molecule has 0 radical (unpaired) electrons. The fourth-order valence-corrected chi connectivity index (χ4v) is 2.56. The van der Waals surface area contributed by atoms with E-state index in [4.69, 9.17) is 5.73 Å². The lowest BCUT2D eigenvalue weighted by atomic mass is 9.95. The lowest BCUT2D eigenvalue weighted by Gasteiger charge is -2.26. The molecule has 1 heterocycles. The maximum absolute atomic E-state index is 10.2. The molecular formula is C13H19N3OS. The molecule has 0 saturated heterocycles. The predicted octanol–water partition coefficient (Wildman–Crippen LogP) is 2.64. The number of anilines is 1. The number of H-pyrrole nitrogens is 1. The lowest BCUT2D eigenvalue weighted by Crippen LogP contribution is -2.33. The Kier molecular flexibility index (Phi) is 3.54. The highest BCUT2D eigenvalue weighted by atomic mass is 32.2. The van der Waals surface area contributed by atoms with E-state index in [0.29, 0.717) is 5.75 Å². The number of aromatic amines is 1. The fourth-order valence-electron chi connectivity index (χ4n) is 1.45. The van der Waals surface area contributed by atoms with Gasteiger partial charge in [-0.25, -0.2) is 4.98 Å². The van der Waals surface area contributed by atoms with Crippen molar-refractivity contribution in [2.45, 2.75) is 31.5 Å². The van der Waals surface area contributed by atoms with Gasteiger partial charge in [0.25, 0.3) is 0 Å². The van der Waals surface area contributed by atoms with Crippen molar-refractivity contribution in [3.05, 3.63) is 18.2 Å². The summed E-state index contributed by atoms with van der Waals surface area (Å²) in [5, 5.41) is 11.0. The Morgan fingerprint density at radius 2 is 2.22 bits per heavy atom. The summed E-state index contributed by atoms with van der Waals surface area (Å²) in [5.41, 5.74) is 7.58. The van der Waals surface area contributed by atoms with Crippen LogP contribution in [0.4, 0.5) is 5.69 Å². The highest BCUT2D eigenvalue weighted by molar-refractivity contribution is 7.99. The zero-order valence-corrected chi connectivity index (χ0v) is 11.7. The summed E-state index contributed by atoms with van der Waals surface area (Å²) in [6.45, 7) is 5.88. The summed E-state index contributed by atoms with van der Waals surface area (Å²) in [5.74, 6) is 0.824. The molecule has 0 aliphatic rings. The smallest absolute Gasteiger partial charge is 0.166 e. The number of fused-ring (bicyclic) bond motifs is 1. The Hall–Kier alpha value is -1.20. The molecule has 0 bridgehead atoms. The maximum Gasteiger partial charge on any atom is 0.166 e. The normalized spacial score (nSPS) is 15.2. The van der Waals surface area contributed by atoms with E-state index in [1.807, 2.05) is 39.0 Å². The summed E-state index contributed by atoms with van der Waals surface area (Å²) in [7, 11) is 0. The van der Waals surface area contributed by atoms with Crippen molar-refractivity contribution < 1.29 is 5.11 Å². The van der Waals surface area contributed by atoms with Gasteiger partial charge in [0, 0.05) is 11.4 Å². The first-order chi connectivity index (χ1) is 8.38. The largest absolute Gasteiger partial charge is 0.399 e. The van der Waals surface area contributed by atoms with Crippen LogP contribution in [0, 0.1) is 5.92 Å². The van der Waals surface area contributed by atoms with Crippen LogP contribution in [0.25, 0.3) is 11.0 Å². The van der Waals surface area contributed by atoms with Crippen LogP contribution in [-0.2, 0) is 0 Å². The van der Waals surface area contributed by atoms with Gasteiger partial charge < -0.3 is 15.8 Å². The molecule has 0 saturated carbocycles. The first-order valence-corrected chi connectivity index (χ1v) is 6.97. The van der Waals surface area contributed by atoms with Gasteiger partial charge in [0.15, 0.2) is 5.16 Å². The maximum atomic E-state index is 10.2. The molecule has 1 aromatic heterocycles. The summed E-state index contributed by atoms with van der Waals surface area (Å²) in [6, 6.07) is 5.60. The molecule has 1 atom stereocenters. The third-order valence-electron chi connectivity index (χ3n) is 3.23. The number of aliphatic hydroxyl groups is 1. The number of nitrogens with zero attached hydrogens (tertiary/aromatic N) is 1. The number of imidazole rings is 1. The Bertz CT molecular complexity index is 548. The van der Waals surface area contributed by atoms with E-state index >= 15 is 0 Å². The van der Waals surface area contributed by atoms with Crippen LogP contribution >= 0.6 is 11.8 Å². The average molecular weight is 265 g/mol. The molecule has 1 aromatic carbocycles. The molecule has 2 rings (SSSR count). The van der Waals surface area contributed by atoms with E-state index < -0.39 is 5.60 Å². The zero-order valence-electron chi connectivity index (χ0n) is 10.9. The van der Waals surface area contributed by atoms with Crippen LogP contribution in [-0.4, -0.2) is 26.4 Å². The topological polar surface area (TPSA) is 74.9 Å². The van der Waals surface area contributed by atoms with Crippen molar-refractivity contribution in [2.24, 2.45) is 5.92 Å². The SMILES string of the molecule is CC(C)C(C)(O)CSc1nc2ccc(N)cc2[nH]1. The second-order valence-electron chi connectivity index (χ2n) is 5.12. The molecule has 0 fully saturated rings. The number of nitrogen functional groups attached to an aromatic ring is 1. The van der Waals surface area contributed by atoms with Crippen LogP contribution in [0.15, 0.2) is 23.4 Å². The number of nitrogens with two attached hydrogens (primary N) is 1. The van der Waals surface area contributed by atoms with Crippen LogP contribution in [0.1, 0.15) is 20.8 Å². The van der Waals surface area contributed by atoms with E-state index in [-0.39, 0.29) is 5.92 Å². The van der Waals surface area contributed by atoms with Crippen molar-refractivity contribution >= 4 is 28.5 Å². The van der Waals surface area contributed by atoms with Crippen molar-refractivity contribution in [3.8, 4) is 0 Å². The molecule has 4 nitrogen and oxygen atoms in total. The van der Waals surface area contributed by atoms with Gasteiger partial charge in [0.1, 0.15) is 0 Å². The summed E-state index contributed by atoms with van der Waals surface area (Å²) >= 11 is 1.53. The first-order valence-electron chi connectivity index (χ1n) is 5.99. The minimum Gasteiger partial charge on any atom is -0.399 e. The van der Waals surface area contributed by atoms with Crippen molar-refractivity contribution in [3.63, 3.8) is 0 Å². The van der Waals surface area contributed by atoms with Gasteiger partial charge in [0.05, 0.1) is 16.6 Å². The molecule has 0 amide bonds. The summed E-state index contributed by atoms with van der Waals surface area (Å²) in [6.07, 6.45) is 0. The molecule has 98 valence electrons. The summed E-state index contributed by atoms with van der Waals surface area (Å²) < 4.78 is 0. The summed E-state index contributed by atoms with van der Waals surface area (Å²) in [4.78, 5) is 7.67. The molecule has 5 heteroatoms. The highest BCUT2D eigenvalue weighted by Crippen LogP contribution is 2.27. The molecule has 1 unspecified atom stereocenters. The Morgan fingerprint density at radius 3 is 2.89 bits per heavy atom. The van der Waals surface area contributed by atoms with Crippen molar-refractivity contribution in [2.75, 3.05) is 11.5 Å². The van der Waals surface area contributed by atoms with E-state index in [2.05, 4.69) is 9.97 Å². The molecule has 0 spiro atoms. The Labute approximate surface area is 111 Å². The van der Waals surface area contributed by atoms with Gasteiger partial charge in [-0.1, -0.05) is 25.6 Å². The van der Waals surface area contributed by atoms with Gasteiger partial charge >= 0.3 is 0 Å². The fraction of sp³-hybridized carbons (Fsp3) is 0.462. The number of thioether (sulfide) groups is 1. The molecule has 18 heavy (non-hydrogen) atoms. The molecular weight excluding hydrogens is 246 g/mol. The van der Waals surface area contributed by atoms with Crippen LogP contribution < -0.4 is 5.73 Å². The van der Waals surface area contributed by atoms with Gasteiger partial charge in [0.2, 0.25) is 0 Å². The second-order valence-corrected chi connectivity index (χ2v) is 6.08. The monoisotopic (exact) mass is 265 g/mol. The Balaban J connectivity index is 2.13. The van der Waals surface area contributed by atoms with Gasteiger partial charge in [-0.2, -0.15) is 0 Å². The molecule has 4 N–H and O–H groups in total. The van der Waals surface area contributed by atoms with E-state index in [1.165, 1.54) is 11.8 Å². The van der Waals surface area contributed by atoms with E-state index in [0.717, 1.165) is 21.9 Å². The quantitative estimate of drug-likeness (QED) is 0.587.